The molecule has 6 nitrogen and oxygen atoms in total. The van der Waals surface area contributed by atoms with Crippen LogP contribution in [0, 0.1) is 6.92 Å². The largest absolute Gasteiger partial charge is 0.489 e. The van der Waals surface area contributed by atoms with E-state index in [0.29, 0.717) is 5.65 Å². The quantitative estimate of drug-likeness (QED) is 0.645. The van der Waals surface area contributed by atoms with E-state index in [1.165, 1.54) is 19.4 Å². The number of aryl methyl sites for hydroxylation is 1. The van der Waals surface area contributed by atoms with Gasteiger partial charge in [-0.15, -0.1) is 0 Å². The summed E-state index contributed by atoms with van der Waals surface area (Å²) >= 11 is 0. The van der Waals surface area contributed by atoms with Gasteiger partial charge in [0.15, 0.2) is 0 Å². The molecule has 0 aliphatic heterocycles. The van der Waals surface area contributed by atoms with Crippen molar-refractivity contribution >= 4 is 17.2 Å². The number of halogens is 3. The second kappa shape index (κ2) is 7.89. The second-order valence-electron chi connectivity index (χ2n) is 6.10. The molecule has 1 amide bonds. The van der Waals surface area contributed by atoms with Crippen LogP contribution in [0.4, 0.5) is 18.9 Å². The van der Waals surface area contributed by atoms with Gasteiger partial charge in [0, 0.05) is 19.5 Å². The molecule has 0 saturated carbocycles. The number of pyridine rings is 1. The molecule has 0 aliphatic rings. The molecule has 0 radical (unpaired) electrons. The van der Waals surface area contributed by atoms with E-state index < -0.39 is 17.6 Å². The standard InChI is InChI=1S/C19H18F3N3O3/c1-12-5-6-25-11-15(23-17(25)9-12)18(26)24-14-10-13(19(20,21)22)3-4-16(14)28-8-7-27-2/h3-6,9-11H,7-8H2,1-2H3,(H,24,26). The van der Waals surface area contributed by atoms with Crippen LogP contribution < -0.4 is 10.1 Å². The van der Waals surface area contributed by atoms with Gasteiger partial charge >= 0.3 is 6.18 Å². The van der Waals surface area contributed by atoms with Crippen molar-refractivity contribution in [3.8, 4) is 5.75 Å². The predicted molar refractivity (Wildman–Crippen MR) is 96.7 cm³/mol. The Hall–Kier alpha value is -3.07. The minimum absolute atomic E-state index is 0.0749. The fourth-order valence-electron chi connectivity index (χ4n) is 2.54. The Labute approximate surface area is 158 Å². The molecule has 0 fully saturated rings. The number of anilines is 1. The maximum atomic E-state index is 13.1. The minimum atomic E-state index is -4.55. The number of carbonyl (C=O) groups excluding carboxylic acids is 1. The lowest BCUT2D eigenvalue weighted by Crippen LogP contribution is -2.15. The van der Waals surface area contributed by atoms with Crippen LogP contribution in [0.5, 0.6) is 5.75 Å². The molecule has 1 N–H and O–H groups in total. The van der Waals surface area contributed by atoms with Crippen molar-refractivity contribution in [2.75, 3.05) is 25.6 Å². The molecule has 0 aliphatic carbocycles. The molecule has 2 heterocycles. The number of hydrogen-bond acceptors (Lipinski definition) is 4. The van der Waals surface area contributed by atoms with Gasteiger partial charge in [0.05, 0.1) is 17.9 Å². The smallest absolute Gasteiger partial charge is 0.416 e. The molecular weight excluding hydrogens is 375 g/mol. The summed E-state index contributed by atoms with van der Waals surface area (Å²) in [5.74, 6) is -0.532. The highest BCUT2D eigenvalue weighted by Gasteiger charge is 2.31. The lowest BCUT2D eigenvalue weighted by atomic mass is 10.1. The zero-order chi connectivity index (χ0) is 20.3. The molecule has 28 heavy (non-hydrogen) atoms. The molecule has 9 heteroatoms. The van der Waals surface area contributed by atoms with Crippen molar-refractivity contribution in [3.05, 3.63) is 59.5 Å². The number of benzene rings is 1. The van der Waals surface area contributed by atoms with Crippen molar-refractivity contribution < 1.29 is 27.4 Å². The zero-order valence-corrected chi connectivity index (χ0v) is 15.2. The highest BCUT2D eigenvalue weighted by atomic mass is 19.4. The molecule has 1 aromatic carbocycles. The van der Waals surface area contributed by atoms with Crippen LogP contribution in [0.25, 0.3) is 5.65 Å². The Kier molecular flexibility index (Phi) is 5.55. The summed E-state index contributed by atoms with van der Waals surface area (Å²) in [6.45, 7) is 2.26. The van der Waals surface area contributed by atoms with Gasteiger partial charge in [0.25, 0.3) is 5.91 Å². The topological polar surface area (TPSA) is 64.9 Å². The van der Waals surface area contributed by atoms with Crippen molar-refractivity contribution in [2.45, 2.75) is 13.1 Å². The molecule has 0 bridgehead atoms. The van der Waals surface area contributed by atoms with E-state index in [9.17, 15) is 18.0 Å². The first-order chi connectivity index (χ1) is 13.3. The van der Waals surface area contributed by atoms with E-state index in [1.807, 2.05) is 13.0 Å². The van der Waals surface area contributed by atoms with Crippen molar-refractivity contribution in [3.63, 3.8) is 0 Å². The van der Waals surface area contributed by atoms with Gasteiger partial charge in [-0.1, -0.05) is 0 Å². The third-order valence-corrected chi connectivity index (χ3v) is 3.95. The fraction of sp³-hybridized carbons (Fsp3) is 0.263. The van der Waals surface area contributed by atoms with Crippen LogP contribution in [0.2, 0.25) is 0 Å². The number of aromatic nitrogens is 2. The normalized spacial score (nSPS) is 11.6. The fourth-order valence-corrected chi connectivity index (χ4v) is 2.54. The minimum Gasteiger partial charge on any atom is -0.489 e. The number of rotatable bonds is 6. The first-order valence-corrected chi connectivity index (χ1v) is 8.37. The molecule has 0 saturated heterocycles. The second-order valence-corrected chi connectivity index (χ2v) is 6.10. The Bertz CT molecular complexity index is 999. The number of hydrogen-bond donors (Lipinski definition) is 1. The number of methoxy groups -OCH3 is 1. The molecule has 2 aromatic heterocycles. The highest BCUT2D eigenvalue weighted by molar-refractivity contribution is 6.04. The molecule has 0 atom stereocenters. The Morgan fingerprint density at radius 1 is 1.21 bits per heavy atom. The molecular formula is C19H18F3N3O3. The van der Waals surface area contributed by atoms with Crippen LogP contribution >= 0.6 is 0 Å². The number of ether oxygens (including phenoxy) is 2. The van der Waals surface area contributed by atoms with E-state index in [1.54, 1.807) is 16.7 Å². The van der Waals surface area contributed by atoms with Crippen LogP contribution in [0.3, 0.4) is 0 Å². The van der Waals surface area contributed by atoms with Gasteiger partial charge in [-0.2, -0.15) is 13.2 Å². The lowest BCUT2D eigenvalue weighted by Gasteiger charge is -2.15. The van der Waals surface area contributed by atoms with Crippen molar-refractivity contribution in [2.24, 2.45) is 0 Å². The Balaban J connectivity index is 1.89. The van der Waals surface area contributed by atoms with Crippen LogP contribution in [0.1, 0.15) is 21.6 Å². The summed E-state index contributed by atoms with van der Waals surface area (Å²) in [7, 11) is 1.48. The molecule has 3 aromatic rings. The number of fused-ring (bicyclic) bond motifs is 1. The van der Waals surface area contributed by atoms with E-state index in [0.717, 1.165) is 17.7 Å². The lowest BCUT2D eigenvalue weighted by molar-refractivity contribution is -0.137. The maximum Gasteiger partial charge on any atom is 0.416 e. The number of carbonyl (C=O) groups is 1. The van der Waals surface area contributed by atoms with Gasteiger partial charge in [0.2, 0.25) is 0 Å². The Morgan fingerprint density at radius 2 is 2.00 bits per heavy atom. The zero-order valence-electron chi connectivity index (χ0n) is 15.2. The summed E-state index contributed by atoms with van der Waals surface area (Å²) in [5, 5.41) is 2.46. The average Bonchev–Trinajstić information content (AvgIpc) is 3.05. The third-order valence-electron chi connectivity index (χ3n) is 3.95. The van der Waals surface area contributed by atoms with E-state index in [2.05, 4.69) is 10.3 Å². The van der Waals surface area contributed by atoms with Gasteiger partial charge in [-0.05, 0) is 42.8 Å². The summed E-state index contributed by atoms with van der Waals surface area (Å²) in [6, 6.07) is 6.54. The van der Waals surface area contributed by atoms with E-state index >= 15 is 0 Å². The molecule has 0 spiro atoms. The maximum absolute atomic E-state index is 13.1. The Morgan fingerprint density at radius 3 is 2.71 bits per heavy atom. The first kappa shape index (κ1) is 19.7. The number of alkyl halides is 3. The van der Waals surface area contributed by atoms with Gasteiger partial charge in [-0.25, -0.2) is 4.98 Å². The third kappa shape index (κ3) is 4.42. The van der Waals surface area contributed by atoms with E-state index in [-0.39, 0.29) is 30.3 Å². The summed E-state index contributed by atoms with van der Waals surface area (Å²) in [5.41, 5.74) is 0.616. The summed E-state index contributed by atoms with van der Waals surface area (Å²) < 4.78 is 51.1. The first-order valence-electron chi connectivity index (χ1n) is 8.37. The average molecular weight is 393 g/mol. The highest BCUT2D eigenvalue weighted by Crippen LogP contribution is 2.35. The molecule has 0 unspecified atom stereocenters. The number of nitrogens with zero attached hydrogens (tertiary/aromatic N) is 2. The summed E-state index contributed by atoms with van der Waals surface area (Å²) in [6.07, 6.45) is -1.30. The number of nitrogens with one attached hydrogen (secondary N) is 1. The molecule has 3 rings (SSSR count). The predicted octanol–water partition coefficient (Wildman–Crippen LogP) is 3.94. The molecule has 148 valence electrons. The number of amides is 1. The monoisotopic (exact) mass is 393 g/mol. The summed E-state index contributed by atoms with van der Waals surface area (Å²) in [4.78, 5) is 16.8. The van der Waals surface area contributed by atoms with Gasteiger partial charge < -0.3 is 19.2 Å². The van der Waals surface area contributed by atoms with Crippen LogP contribution in [0.15, 0.2) is 42.7 Å². The number of imidazole rings is 1. The van der Waals surface area contributed by atoms with Crippen molar-refractivity contribution in [1.82, 2.24) is 9.38 Å². The van der Waals surface area contributed by atoms with Gasteiger partial charge in [0.1, 0.15) is 23.7 Å². The SMILES string of the molecule is COCCOc1ccc(C(F)(F)F)cc1NC(=O)c1cn2ccc(C)cc2n1. The van der Waals surface area contributed by atoms with Gasteiger partial charge in [-0.3, -0.25) is 4.79 Å². The van der Waals surface area contributed by atoms with Crippen molar-refractivity contribution in [1.29, 1.82) is 0 Å². The van der Waals surface area contributed by atoms with E-state index in [4.69, 9.17) is 9.47 Å². The van der Waals surface area contributed by atoms with Crippen LogP contribution in [-0.4, -0.2) is 35.6 Å². The van der Waals surface area contributed by atoms with Crippen LogP contribution in [-0.2, 0) is 10.9 Å².